The number of nitrogens with zero attached hydrogens (tertiary/aromatic N) is 2. The second-order valence-corrected chi connectivity index (χ2v) is 16.7. The average molecular weight is 825 g/mol. The fraction of sp³-hybridized carbons (Fsp3) is 0.368. The number of hydrogen-bond donors (Lipinski definition) is 6. The van der Waals surface area contributed by atoms with E-state index in [1.54, 1.807) is 25.1 Å². The Morgan fingerprint density at radius 3 is 2.51 bits per heavy atom. The summed E-state index contributed by atoms with van der Waals surface area (Å²) >= 11 is 0.783. The van der Waals surface area contributed by atoms with Crippen LogP contribution < -0.4 is 14.5 Å². The van der Waals surface area contributed by atoms with Crippen molar-refractivity contribution in [1.29, 1.82) is 0 Å². The van der Waals surface area contributed by atoms with Crippen LogP contribution in [0.15, 0.2) is 47.3 Å². The standard InChI is InChI=1S/C38H36N2O15S2/c1-3-18-19-9-17(6-7-24(19)39-29-21(18)12-40-25(29)11-23-22(34(40)45)14-52-37(48)38(23,49)4-2)55-57(50,51)15-16-5-8-26(20-10-28(35(46)47)56-33(16)20)53-36-32(44)31(43)30(42)27(13-41)54-36/h5-11,27,30-32,36,41-44,49H,3-4,12-15H2,1-2H3,(H,46,47)/t27-,30+,31+,32-,36-,38+/m1/s1. The minimum Gasteiger partial charge on any atom is -0.477 e. The van der Waals surface area contributed by atoms with Crippen molar-refractivity contribution >= 4 is 54.4 Å². The third kappa shape index (κ3) is 6.34. The molecule has 0 unspecified atom stereocenters. The van der Waals surface area contributed by atoms with Crippen LogP contribution in [0.2, 0.25) is 0 Å². The maximum Gasteiger partial charge on any atom is 0.345 e. The van der Waals surface area contributed by atoms with Gasteiger partial charge in [-0.1, -0.05) is 19.9 Å². The Morgan fingerprint density at radius 1 is 1.04 bits per heavy atom. The number of aliphatic hydroxyl groups is 5. The van der Waals surface area contributed by atoms with Crippen LogP contribution >= 0.6 is 11.3 Å². The third-order valence-corrected chi connectivity index (χ3v) is 13.0. The molecule has 19 heteroatoms. The van der Waals surface area contributed by atoms with E-state index in [2.05, 4.69) is 0 Å². The normalized spacial score (nSPS) is 24.2. The minimum absolute atomic E-state index is 0.00152. The van der Waals surface area contributed by atoms with Gasteiger partial charge in [-0.3, -0.25) is 4.79 Å². The van der Waals surface area contributed by atoms with Gasteiger partial charge in [0.05, 0.1) is 35.6 Å². The summed E-state index contributed by atoms with van der Waals surface area (Å²) in [5.74, 6) is -2.85. The first kappa shape index (κ1) is 38.9. The van der Waals surface area contributed by atoms with Gasteiger partial charge in [-0.25, -0.2) is 14.6 Å². The number of rotatable bonds is 10. The quantitative estimate of drug-likeness (QED) is 0.0847. The van der Waals surface area contributed by atoms with E-state index in [0.717, 1.165) is 22.5 Å². The number of aromatic carboxylic acids is 1. The highest BCUT2D eigenvalue weighted by Crippen LogP contribution is 2.42. The molecule has 8 rings (SSSR count). The number of aromatic nitrogens is 2. The van der Waals surface area contributed by atoms with Crippen molar-refractivity contribution in [2.24, 2.45) is 0 Å². The Bertz CT molecular complexity index is 2670. The number of aliphatic hydroxyl groups excluding tert-OH is 4. The number of carboxylic acids is 1. The van der Waals surface area contributed by atoms with Crippen molar-refractivity contribution in [2.75, 3.05) is 6.61 Å². The molecule has 300 valence electrons. The summed E-state index contributed by atoms with van der Waals surface area (Å²) in [7, 11) is -4.40. The number of fused-ring (bicyclic) bond motifs is 6. The van der Waals surface area contributed by atoms with Gasteiger partial charge in [0.25, 0.3) is 5.56 Å². The van der Waals surface area contributed by atoms with Crippen LogP contribution in [0, 0.1) is 0 Å². The molecule has 57 heavy (non-hydrogen) atoms. The van der Waals surface area contributed by atoms with E-state index in [1.165, 1.54) is 28.8 Å². The molecule has 6 atom stereocenters. The van der Waals surface area contributed by atoms with Gasteiger partial charge >= 0.3 is 22.1 Å². The van der Waals surface area contributed by atoms with Crippen molar-refractivity contribution in [1.82, 2.24) is 9.55 Å². The summed E-state index contributed by atoms with van der Waals surface area (Å²) in [5, 5.41) is 62.1. The lowest BCUT2D eigenvalue weighted by atomic mass is 9.86. The Labute approximate surface area is 327 Å². The van der Waals surface area contributed by atoms with Crippen molar-refractivity contribution in [3.05, 3.63) is 85.5 Å². The number of hydrogen-bond acceptors (Lipinski definition) is 16. The summed E-state index contributed by atoms with van der Waals surface area (Å²) in [5.41, 5.74) is 1.08. The largest absolute Gasteiger partial charge is 0.477 e. The first-order valence-corrected chi connectivity index (χ1v) is 20.3. The topological polar surface area (TPSA) is 261 Å². The van der Waals surface area contributed by atoms with E-state index >= 15 is 0 Å². The summed E-state index contributed by atoms with van der Waals surface area (Å²) in [6, 6.07) is 10.2. The van der Waals surface area contributed by atoms with Gasteiger partial charge in [-0.05, 0) is 60.4 Å². The summed E-state index contributed by atoms with van der Waals surface area (Å²) < 4.78 is 51.0. The summed E-state index contributed by atoms with van der Waals surface area (Å²) in [6.45, 7) is 2.71. The van der Waals surface area contributed by atoms with Crippen LogP contribution in [0.1, 0.15) is 57.8 Å². The van der Waals surface area contributed by atoms with Crippen molar-refractivity contribution in [2.45, 2.75) is 81.9 Å². The maximum absolute atomic E-state index is 13.7. The predicted octanol–water partition coefficient (Wildman–Crippen LogP) is 1.64. The number of ether oxygens (including phenoxy) is 3. The molecule has 1 saturated heterocycles. The van der Waals surface area contributed by atoms with E-state index in [1.807, 2.05) is 6.92 Å². The molecular weight excluding hydrogens is 789 g/mol. The van der Waals surface area contributed by atoms with E-state index in [4.69, 9.17) is 23.4 Å². The molecule has 3 aliphatic rings. The van der Waals surface area contributed by atoms with Gasteiger partial charge in [0.1, 0.15) is 53.2 Å². The zero-order chi connectivity index (χ0) is 40.7. The van der Waals surface area contributed by atoms with E-state index in [9.17, 15) is 53.4 Å². The zero-order valence-corrected chi connectivity index (χ0v) is 31.9. The molecule has 0 spiro atoms. The molecule has 6 heterocycles. The number of cyclic esters (lactones) is 1. The number of esters is 1. The van der Waals surface area contributed by atoms with Gasteiger partial charge in [-0.15, -0.1) is 11.3 Å². The lowest BCUT2D eigenvalue weighted by Gasteiger charge is -2.39. The fourth-order valence-electron chi connectivity index (χ4n) is 7.73. The summed E-state index contributed by atoms with van der Waals surface area (Å²) in [4.78, 5) is 42.9. The van der Waals surface area contributed by atoms with Gasteiger partial charge in [-0.2, -0.15) is 8.42 Å². The molecule has 0 aliphatic carbocycles. The van der Waals surface area contributed by atoms with Crippen molar-refractivity contribution in [3.63, 3.8) is 0 Å². The van der Waals surface area contributed by atoms with Crippen molar-refractivity contribution in [3.8, 4) is 22.9 Å². The van der Waals surface area contributed by atoms with Crippen LogP contribution in [0.25, 0.3) is 32.4 Å². The number of carbonyl (C=O) groups excluding carboxylic acids is 1. The molecule has 2 aromatic carbocycles. The van der Waals surface area contributed by atoms with Gasteiger partial charge in [0.2, 0.25) is 6.29 Å². The Hall–Kier alpha value is -4.99. The molecule has 6 N–H and O–H groups in total. The molecule has 3 aromatic heterocycles. The highest BCUT2D eigenvalue weighted by Gasteiger charge is 2.46. The van der Waals surface area contributed by atoms with Crippen LogP contribution in [0.3, 0.4) is 0 Å². The van der Waals surface area contributed by atoms with E-state index in [0.29, 0.717) is 28.7 Å². The first-order valence-electron chi connectivity index (χ1n) is 17.9. The average Bonchev–Trinajstić information content (AvgIpc) is 3.80. The van der Waals surface area contributed by atoms with Crippen molar-refractivity contribution < 1.29 is 67.0 Å². The summed E-state index contributed by atoms with van der Waals surface area (Å²) in [6.07, 6.45) is -7.47. The molecule has 5 aromatic rings. The van der Waals surface area contributed by atoms with Crippen LogP contribution in [-0.2, 0) is 55.3 Å². The smallest absolute Gasteiger partial charge is 0.345 e. The number of pyridine rings is 2. The van der Waals surface area contributed by atoms with Gasteiger partial charge in [0.15, 0.2) is 5.60 Å². The minimum atomic E-state index is -4.40. The number of thiophene rings is 1. The Morgan fingerprint density at radius 2 is 1.81 bits per heavy atom. The number of aryl methyl sites for hydroxylation is 1. The third-order valence-electron chi connectivity index (χ3n) is 10.7. The zero-order valence-electron chi connectivity index (χ0n) is 30.2. The molecule has 0 radical (unpaired) electrons. The highest BCUT2D eigenvalue weighted by atomic mass is 32.2. The predicted molar refractivity (Wildman–Crippen MR) is 200 cm³/mol. The van der Waals surface area contributed by atoms with Gasteiger partial charge in [0, 0.05) is 26.6 Å². The van der Waals surface area contributed by atoms with Crippen LogP contribution in [0.5, 0.6) is 11.5 Å². The molecule has 0 saturated carbocycles. The molecule has 1 fully saturated rings. The van der Waals surface area contributed by atoms with Crippen LogP contribution in [-0.4, -0.2) is 97.9 Å². The highest BCUT2D eigenvalue weighted by molar-refractivity contribution is 7.86. The maximum atomic E-state index is 13.7. The van der Waals surface area contributed by atoms with E-state index < -0.39 is 76.3 Å². The molecule has 3 aliphatic heterocycles. The monoisotopic (exact) mass is 824 g/mol. The number of carboxylic acid groups (broad SMARTS) is 1. The Kier molecular flexibility index (Phi) is 9.64. The second kappa shape index (κ2) is 14.1. The Balaban J connectivity index is 1.10. The lowest BCUT2D eigenvalue weighted by Crippen LogP contribution is -2.60. The molecule has 0 bridgehead atoms. The second-order valence-electron chi connectivity index (χ2n) is 14.0. The molecule has 0 amide bonds. The number of carbonyl (C=O) groups is 2. The SMILES string of the molecule is CCc1c2c(nc3ccc(OS(=O)(=O)Cc4ccc(O[C@@H]5O[C@H](CO)[C@H](O)[C@H](O)[C@H]5O)c5cc(C(=O)O)sc45)cc13)-c1cc3c(c(=O)n1C2)COC(=O)[C@]3(O)CC. The van der Waals surface area contributed by atoms with Gasteiger partial charge < -0.3 is 53.6 Å². The van der Waals surface area contributed by atoms with E-state index in [-0.39, 0.29) is 62.7 Å². The van der Waals surface area contributed by atoms with Crippen LogP contribution in [0.4, 0.5) is 0 Å². The first-order chi connectivity index (χ1) is 27.1. The lowest BCUT2D eigenvalue weighted by molar-refractivity contribution is -0.277. The number of benzene rings is 2. The molecular formula is C38H36N2O15S2. The fourth-order valence-corrected chi connectivity index (χ4v) is 9.92. The molecule has 17 nitrogen and oxygen atoms in total.